The fourth-order valence-electron chi connectivity index (χ4n) is 2.01. The molecular weight excluding hydrogens is 372 g/mol. The number of ketones is 1. The van der Waals surface area contributed by atoms with Crippen LogP contribution in [-0.4, -0.2) is 63.4 Å². The van der Waals surface area contributed by atoms with Crippen molar-refractivity contribution in [3.05, 3.63) is 35.6 Å². The van der Waals surface area contributed by atoms with Crippen LogP contribution in [0.15, 0.2) is 24.3 Å². The van der Waals surface area contributed by atoms with Gasteiger partial charge in [-0.1, -0.05) is 0 Å². The molecule has 1 atom stereocenters. The molecule has 2 amide bonds. The minimum Gasteiger partial charge on any atom is -0.379 e. The molecule has 28 heavy (non-hydrogen) atoms. The molecule has 0 saturated carbocycles. The van der Waals surface area contributed by atoms with Crippen LogP contribution in [0.4, 0.5) is 4.39 Å². The van der Waals surface area contributed by atoms with Crippen molar-refractivity contribution in [2.24, 2.45) is 11.5 Å². The highest BCUT2D eigenvalue weighted by Gasteiger charge is 2.12. The van der Waals surface area contributed by atoms with Gasteiger partial charge < -0.3 is 31.0 Å². The van der Waals surface area contributed by atoms with E-state index in [1.54, 1.807) is 0 Å². The molecule has 0 aliphatic heterocycles. The summed E-state index contributed by atoms with van der Waals surface area (Å²) in [5.41, 5.74) is 10.6. The number of primary amides is 1. The van der Waals surface area contributed by atoms with Gasteiger partial charge in [-0.05, 0) is 30.7 Å². The lowest BCUT2D eigenvalue weighted by Gasteiger charge is -2.10. The van der Waals surface area contributed by atoms with E-state index < -0.39 is 18.0 Å². The standard InChI is InChI=1S/C18H26FN3O6/c19-14-5-3-13(4-6-14)15(23)2-1-7-26-8-9-27-10-11-28-12-16(24)22-17(20)18(21)25/h3-6,17H,1-2,7-12,20H2,(H2,21,25)(H,22,24)/i19-1. The number of carbonyl (C=O) groups excluding carboxylic acids is 3. The van der Waals surface area contributed by atoms with Crippen LogP contribution in [-0.2, 0) is 23.8 Å². The largest absolute Gasteiger partial charge is 0.379 e. The molecule has 0 aliphatic rings. The first-order valence-corrected chi connectivity index (χ1v) is 8.76. The van der Waals surface area contributed by atoms with Gasteiger partial charge >= 0.3 is 0 Å². The molecule has 0 bridgehead atoms. The molecule has 0 heterocycles. The average Bonchev–Trinajstić information content (AvgIpc) is 2.66. The summed E-state index contributed by atoms with van der Waals surface area (Å²) >= 11 is 0. The smallest absolute Gasteiger partial charge is 0.254 e. The Kier molecular flexibility index (Phi) is 11.6. The van der Waals surface area contributed by atoms with Gasteiger partial charge in [0.25, 0.3) is 5.91 Å². The van der Waals surface area contributed by atoms with Crippen LogP contribution in [0.2, 0.25) is 0 Å². The number of nitrogens with two attached hydrogens (primary N) is 2. The Morgan fingerprint density at radius 2 is 1.54 bits per heavy atom. The molecule has 0 aromatic heterocycles. The molecule has 0 saturated heterocycles. The molecule has 10 heteroatoms. The van der Waals surface area contributed by atoms with E-state index in [2.05, 4.69) is 5.32 Å². The van der Waals surface area contributed by atoms with E-state index >= 15 is 0 Å². The molecule has 0 fully saturated rings. The lowest BCUT2D eigenvalue weighted by molar-refractivity contribution is -0.130. The molecule has 0 radical (unpaired) electrons. The summed E-state index contributed by atoms with van der Waals surface area (Å²) < 4.78 is 28.5. The van der Waals surface area contributed by atoms with Gasteiger partial charge in [-0.25, -0.2) is 4.39 Å². The van der Waals surface area contributed by atoms with Gasteiger partial charge in [0.05, 0.1) is 26.4 Å². The zero-order chi connectivity index (χ0) is 20.8. The number of ether oxygens (including phenoxy) is 3. The quantitative estimate of drug-likeness (QED) is 0.209. The Morgan fingerprint density at radius 1 is 0.964 bits per heavy atom. The van der Waals surface area contributed by atoms with Crippen molar-refractivity contribution >= 4 is 17.6 Å². The number of nitrogens with one attached hydrogen (secondary N) is 1. The Hall–Kier alpha value is -2.40. The Bertz CT molecular complexity index is 626. The minimum absolute atomic E-state index is 0.0576. The van der Waals surface area contributed by atoms with Crippen molar-refractivity contribution in [3.63, 3.8) is 0 Å². The Morgan fingerprint density at radius 3 is 2.14 bits per heavy atom. The van der Waals surface area contributed by atoms with Gasteiger partial charge in [-0.3, -0.25) is 14.4 Å². The Labute approximate surface area is 162 Å². The van der Waals surface area contributed by atoms with E-state index in [4.69, 9.17) is 25.7 Å². The fraction of sp³-hybridized carbons (Fsp3) is 0.500. The highest BCUT2D eigenvalue weighted by Crippen LogP contribution is 2.07. The monoisotopic (exact) mass is 398 g/mol. The number of amides is 2. The van der Waals surface area contributed by atoms with E-state index in [0.717, 1.165) is 0 Å². The number of hydrogen-bond acceptors (Lipinski definition) is 7. The molecule has 1 aromatic rings. The van der Waals surface area contributed by atoms with Crippen molar-refractivity contribution in [1.29, 1.82) is 0 Å². The molecule has 0 aliphatic carbocycles. The average molecular weight is 398 g/mol. The second-order valence-electron chi connectivity index (χ2n) is 5.76. The third-order valence-electron chi connectivity index (χ3n) is 3.46. The zero-order valence-electron chi connectivity index (χ0n) is 15.5. The van der Waals surface area contributed by atoms with Gasteiger partial charge in [0.2, 0.25) is 5.91 Å². The van der Waals surface area contributed by atoms with Crippen LogP contribution in [0.5, 0.6) is 0 Å². The van der Waals surface area contributed by atoms with Crippen LogP contribution in [0, 0.1) is 5.82 Å². The number of Topliss-reactive ketones (excluding diaryl/α,β-unsaturated/α-hetero) is 1. The summed E-state index contributed by atoms with van der Waals surface area (Å²) in [4.78, 5) is 33.8. The maximum absolute atomic E-state index is 12.8. The lowest BCUT2D eigenvalue weighted by Crippen LogP contribution is -2.51. The van der Waals surface area contributed by atoms with Gasteiger partial charge in [-0.15, -0.1) is 0 Å². The Balaban J connectivity index is 1.91. The SMILES string of the molecule is NC(=O)C(N)NC(=O)COCCOCCOCCCC(=O)c1ccc([18F])cc1. The van der Waals surface area contributed by atoms with Crippen LogP contribution in [0.1, 0.15) is 23.2 Å². The van der Waals surface area contributed by atoms with Gasteiger partial charge in [-0.2, -0.15) is 0 Å². The van der Waals surface area contributed by atoms with Gasteiger partial charge in [0, 0.05) is 18.6 Å². The zero-order valence-corrected chi connectivity index (χ0v) is 15.5. The minimum atomic E-state index is -1.24. The first-order valence-electron chi connectivity index (χ1n) is 8.76. The molecule has 1 unspecified atom stereocenters. The summed E-state index contributed by atoms with van der Waals surface area (Å²) in [5.74, 6) is -1.82. The summed E-state index contributed by atoms with van der Waals surface area (Å²) in [5, 5.41) is 2.17. The molecule has 0 spiro atoms. The molecule has 5 N–H and O–H groups in total. The maximum atomic E-state index is 12.8. The van der Waals surface area contributed by atoms with Crippen molar-refractivity contribution < 1.29 is 33.0 Å². The van der Waals surface area contributed by atoms with Crippen molar-refractivity contribution in [2.75, 3.05) is 39.6 Å². The first kappa shape index (κ1) is 23.6. The molecule has 1 rings (SSSR count). The summed E-state index contributed by atoms with van der Waals surface area (Å²) in [7, 11) is 0. The first-order chi connectivity index (χ1) is 13.4. The van der Waals surface area contributed by atoms with Crippen LogP contribution in [0.25, 0.3) is 0 Å². The number of benzene rings is 1. The van der Waals surface area contributed by atoms with Crippen LogP contribution in [0.3, 0.4) is 0 Å². The third-order valence-corrected chi connectivity index (χ3v) is 3.46. The molecular formula is C18H26FN3O6. The number of hydrogen-bond donors (Lipinski definition) is 3. The van der Waals surface area contributed by atoms with E-state index in [0.29, 0.717) is 38.2 Å². The van der Waals surface area contributed by atoms with E-state index in [1.807, 2.05) is 0 Å². The lowest BCUT2D eigenvalue weighted by atomic mass is 10.1. The van der Waals surface area contributed by atoms with Crippen molar-refractivity contribution in [2.45, 2.75) is 19.0 Å². The molecule has 9 nitrogen and oxygen atoms in total. The normalized spacial score (nSPS) is 11.8. The maximum Gasteiger partial charge on any atom is 0.254 e. The van der Waals surface area contributed by atoms with Gasteiger partial charge in [0.15, 0.2) is 11.9 Å². The van der Waals surface area contributed by atoms with Crippen LogP contribution < -0.4 is 16.8 Å². The topological polar surface area (TPSA) is 143 Å². The number of rotatable bonds is 15. The van der Waals surface area contributed by atoms with Crippen molar-refractivity contribution in [1.82, 2.24) is 5.32 Å². The predicted molar refractivity (Wildman–Crippen MR) is 97.7 cm³/mol. The summed E-state index contributed by atoms with van der Waals surface area (Å²) in [6.45, 7) is 1.30. The highest BCUT2D eigenvalue weighted by molar-refractivity contribution is 5.95. The number of halogens is 1. The number of carbonyl (C=O) groups is 3. The second kappa shape index (κ2) is 13.7. The predicted octanol–water partition coefficient (Wildman–Crippen LogP) is -0.275. The molecule has 1 aromatic carbocycles. The fourth-order valence-corrected chi connectivity index (χ4v) is 2.01. The second-order valence-corrected chi connectivity index (χ2v) is 5.76. The van der Waals surface area contributed by atoms with Crippen molar-refractivity contribution in [3.8, 4) is 0 Å². The molecule has 156 valence electrons. The third kappa shape index (κ3) is 10.7. The summed E-state index contributed by atoms with van der Waals surface area (Å²) in [6.07, 6.45) is -0.362. The highest BCUT2D eigenvalue weighted by atomic mass is 18.2. The van der Waals surface area contributed by atoms with Gasteiger partial charge in [0.1, 0.15) is 12.4 Å². The van der Waals surface area contributed by atoms with E-state index in [1.165, 1.54) is 24.3 Å². The summed E-state index contributed by atoms with van der Waals surface area (Å²) in [6, 6.07) is 5.44. The van der Waals surface area contributed by atoms with E-state index in [-0.39, 0.29) is 31.4 Å². The van der Waals surface area contributed by atoms with E-state index in [9.17, 15) is 18.8 Å². The van der Waals surface area contributed by atoms with Crippen LogP contribution >= 0.6 is 0 Å².